The van der Waals surface area contributed by atoms with Crippen molar-refractivity contribution >= 4 is 28.8 Å². The first-order valence-corrected chi connectivity index (χ1v) is 11.4. The monoisotopic (exact) mass is 433 g/mol. The molecule has 0 saturated heterocycles. The highest BCUT2D eigenvalue weighted by atomic mass is 19.1. The van der Waals surface area contributed by atoms with Crippen LogP contribution in [0.1, 0.15) is 73.2 Å². The number of halogens is 1. The number of carbonyl (C=O) groups excluding carboxylic acids is 2. The summed E-state index contributed by atoms with van der Waals surface area (Å²) in [6.45, 7) is 4.17. The lowest BCUT2D eigenvalue weighted by molar-refractivity contribution is 0.0816. The molecule has 2 aromatic heterocycles. The minimum Gasteiger partial charge on any atom is -0.382 e. The molecule has 1 N–H and O–H groups in total. The van der Waals surface area contributed by atoms with E-state index in [-0.39, 0.29) is 22.9 Å². The normalized spacial score (nSPS) is 18.5. The molecular weight excluding hydrogens is 405 g/mol. The van der Waals surface area contributed by atoms with Crippen LogP contribution in [0, 0.1) is 11.2 Å². The van der Waals surface area contributed by atoms with Crippen LogP contribution in [0.4, 0.5) is 10.1 Å². The summed E-state index contributed by atoms with van der Waals surface area (Å²) in [6.07, 6.45) is 10.7. The van der Waals surface area contributed by atoms with Gasteiger partial charge in [-0.05, 0) is 48.4 Å². The van der Waals surface area contributed by atoms with Crippen LogP contribution >= 0.6 is 0 Å². The van der Waals surface area contributed by atoms with Crippen molar-refractivity contribution in [1.29, 1.82) is 0 Å². The van der Waals surface area contributed by atoms with E-state index in [1.807, 2.05) is 12.1 Å². The van der Waals surface area contributed by atoms with E-state index >= 15 is 4.39 Å². The molecule has 2 aliphatic rings. The fourth-order valence-electron chi connectivity index (χ4n) is 5.44. The molecule has 5 rings (SSSR count). The van der Waals surface area contributed by atoms with Gasteiger partial charge in [0.25, 0.3) is 0 Å². The van der Waals surface area contributed by atoms with Gasteiger partial charge in [0.2, 0.25) is 5.91 Å². The number of aldehydes is 1. The van der Waals surface area contributed by atoms with Gasteiger partial charge < -0.3 is 5.32 Å². The molecule has 0 bridgehead atoms. The van der Waals surface area contributed by atoms with Gasteiger partial charge in [-0.25, -0.2) is 4.39 Å². The Hall–Kier alpha value is -3.02. The zero-order valence-electron chi connectivity index (χ0n) is 18.6. The highest BCUT2D eigenvalue weighted by molar-refractivity contribution is 6.05. The van der Waals surface area contributed by atoms with Gasteiger partial charge in [0.1, 0.15) is 5.82 Å². The summed E-state index contributed by atoms with van der Waals surface area (Å²) in [5.74, 6) is -0.509. The maximum absolute atomic E-state index is 15.2. The Bertz CT molecular complexity index is 1220. The van der Waals surface area contributed by atoms with Crippen LogP contribution in [-0.2, 0) is 6.42 Å². The second-order valence-electron chi connectivity index (χ2n) is 9.98. The Morgan fingerprint density at radius 2 is 1.97 bits per heavy atom. The highest BCUT2D eigenvalue weighted by Crippen LogP contribution is 2.43. The summed E-state index contributed by atoms with van der Waals surface area (Å²) in [4.78, 5) is 29.0. The molecule has 3 heterocycles. The average molecular weight is 434 g/mol. The molecule has 1 aromatic carbocycles. The van der Waals surface area contributed by atoms with Gasteiger partial charge in [0.05, 0.1) is 17.3 Å². The van der Waals surface area contributed by atoms with Gasteiger partial charge in [-0.2, -0.15) is 0 Å². The Morgan fingerprint density at radius 3 is 2.72 bits per heavy atom. The Morgan fingerprint density at radius 1 is 1.19 bits per heavy atom. The van der Waals surface area contributed by atoms with E-state index in [4.69, 9.17) is 0 Å². The molecule has 0 spiro atoms. The maximum Gasteiger partial charge on any atom is 0.231 e. The summed E-state index contributed by atoms with van der Waals surface area (Å²) in [5, 5.41) is 4.32. The maximum atomic E-state index is 15.2. The molecule has 0 amide bonds. The third-order valence-electron chi connectivity index (χ3n) is 6.89. The molecular formula is C26H28FN3O2. The number of aromatic nitrogens is 2. The predicted octanol–water partition coefficient (Wildman–Crippen LogP) is 6.01. The van der Waals surface area contributed by atoms with Gasteiger partial charge in [-0.15, -0.1) is 0 Å². The van der Waals surface area contributed by atoms with E-state index in [1.165, 1.54) is 12.5 Å². The van der Waals surface area contributed by atoms with Crippen molar-refractivity contribution in [1.82, 2.24) is 9.55 Å². The number of benzene rings is 1. The molecule has 1 fully saturated rings. The van der Waals surface area contributed by atoms with Crippen molar-refractivity contribution in [3.05, 3.63) is 47.7 Å². The van der Waals surface area contributed by atoms with Crippen LogP contribution in [-0.4, -0.2) is 27.8 Å². The third kappa shape index (κ3) is 3.51. The number of nitrogens with zero attached hydrogens (tertiary/aromatic N) is 2. The van der Waals surface area contributed by atoms with Gasteiger partial charge in [0.15, 0.2) is 6.29 Å². The molecule has 1 aliphatic heterocycles. The first-order valence-electron chi connectivity index (χ1n) is 11.4. The Kier molecular flexibility index (Phi) is 5.11. The van der Waals surface area contributed by atoms with Crippen molar-refractivity contribution < 1.29 is 14.0 Å². The standard InChI is InChI=1S/C26H28FN3O2/c1-26(2)12-22-25(18-8-9-28-14-23(18)30(22)24(32)13-26)16-10-20(27)19(15-31)21(11-16)29-17-6-4-3-5-7-17/h8-11,14-15,17,29H,3-7,12-13H2,1-2H3. The number of pyridine rings is 1. The van der Waals surface area contributed by atoms with Crippen molar-refractivity contribution in [3.63, 3.8) is 0 Å². The van der Waals surface area contributed by atoms with Crippen LogP contribution < -0.4 is 5.32 Å². The number of anilines is 1. The van der Waals surface area contributed by atoms with Crippen LogP contribution in [0.5, 0.6) is 0 Å². The van der Waals surface area contributed by atoms with E-state index in [0.717, 1.165) is 47.8 Å². The molecule has 32 heavy (non-hydrogen) atoms. The smallest absolute Gasteiger partial charge is 0.231 e. The number of hydrogen-bond donors (Lipinski definition) is 1. The number of rotatable bonds is 4. The summed E-state index contributed by atoms with van der Waals surface area (Å²) in [5.41, 5.74) is 3.58. The van der Waals surface area contributed by atoms with Gasteiger partial charge in [0, 0.05) is 41.0 Å². The van der Waals surface area contributed by atoms with Gasteiger partial charge in [-0.3, -0.25) is 19.1 Å². The first-order chi connectivity index (χ1) is 15.4. The lowest BCUT2D eigenvalue weighted by atomic mass is 9.80. The number of nitrogens with one attached hydrogen (secondary N) is 1. The zero-order valence-corrected chi connectivity index (χ0v) is 18.6. The van der Waals surface area contributed by atoms with E-state index < -0.39 is 5.82 Å². The van der Waals surface area contributed by atoms with E-state index in [9.17, 15) is 9.59 Å². The second kappa shape index (κ2) is 7.84. The minimum atomic E-state index is -0.542. The van der Waals surface area contributed by atoms with Crippen molar-refractivity contribution in [3.8, 4) is 11.1 Å². The topological polar surface area (TPSA) is 64.0 Å². The highest BCUT2D eigenvalue weighted by Gasteiger charge is 2.35. The molecule has 6 heteroatoms. The van der Waals surface area contributed by atoms with Crippen molar-refractivity contribution in [2.75, 3.05) is 5.32 Å². The lowest BCUT2D eigenvalue weighted by Crippen LogP contribution is -2.31. The minimum absolute atomic E-state index is 0.0334. The average Bonchev–Trinajstić information content (AvgIpc) is 3.07. The zero-order chi connectivity index (χ0) is 22.5. The van der Waals surface area contributed by atoms with Crippen LogP contribution in [0.15, 0.2) is 30.6 Å². The molecule has 0 radical (unpaired) electrons. The molecule has 0 unspecified atom stereocenters. The quantitative estimate of drug-likeness (QED) is 0.512. The third-order valence-corrected chi connectivity index (χ3v) is 6.89. The Labute approximate surface area is 187 Å². The van der Waals surface area contributed by atoms with Crippen LogP contribution in [0.3, 0.4) is 0 Å². The first kappa shape index (κ1) is 20.9. The fourth-order valence-corrected chi connectivity index (χ4v) is 5.44. The van der Waals surface area contributed by atoms with Crippen LogP contribution in [0.2, 0.25) is 0 Å². The number of carbonyl (C=O) groups is 2. The molecule has 5 nitrogen and oxygen atoms in total. The summed E-state index contributed by atoms with van der Waals surface area (Å²) < 4.78 is 16.9. The molecule has 166 valence electrons. The van der Waals surface area contributed by atoms with Crippen LogP contribution in [0.25, 0.3) is 22.0 Å². The molecule has 3 aromatic rings. The predicted molar refractivity (Wildman–Crippen MR) is 124 cm³/mol. The van der Waals surface area contributed by atoms with E-state index in [0.29, 0.717) is 30.4 Å². The van der Waals surface area contributed by atoms with Gasteiger partial charge in [-0.1, -0.05) is 33.1 Å². The molecule has 1 aliphatic carbocycles. The van der Waals surface area contributed by atoms with Crippen molar-refractivity contribution in [2.45, 2.75) is 64.8 Å². The molecule has 1 saturated carbocycles. The SMILES string of the molecule is CC1(C)CC(=O)n2c(c(-c3cc(F)c(C=O)c(NC4CCCCC4)c3)c3ccncc32)C1. The van der Waals surface area contributed by atoms with E-state index in [2.05, 4.69) is 24.1 Å². The molecule has 0 atom stereocenters. The lowest BCUT2D eigenvalue weighted by Gasteiger charge is -2.30. The number of hydrogen-bond acceptors (Lipinski definition) is 4. The van der Waals surface area contributed by atoms with Crippen molar-refractivity contribution in [2.24, 2.45) is 5.41 Å². The Balaban J connectivity index is 1.71. The number of fused-ring (bicyclic) bond motifs is 3. The van der Waals surface area contributed by atoms with E-state index in [1.54, 1.807) is 17.0 Å². The fraction of sp³-hybridized carbons (Fsp3) is 0.423. The summed E-state index contributed by atoms with van der Waals surface area (Å²) in [6, 6.07) is 5.43. The largest absolute Gasteiger partial charge is 0.382 e. The second-order valence-corrected chi connectivity index (χ2v) is 9.98. The van der Waals surface area contributed by atoms with Gasteiger partial charge >= 0.3 is 0 Å². The summed E-state index contributed by atoms with van der Waals surface area (Å²) in [7, 11) is 0. The summed E-state index contributed by atoms with van der Waals surface area (Å²) >= 11 is 0.